The van der Waals surface area contributed by atoms with Crippen LogP contribution in [0.4, 0.5) is 0 Å². The van der Waals surface area contributed by atoms with Crippen molar-refractivity contribution in [2.75, 3.05) is 13.2 Å². The van der Waals surface area contributed by atoms with Crippen LogP contribution in [0.3, 0.4) is 0 Å². The van der Waals surface area contributed by atoms with Gasteiger partial charge in [0.2, 0.25) is 0 Å². The molecule has 0 N–H and O–H groups in total. The summed E-state index contributed by atoms with van der Waals surface area (Å²) in [6.07, 6.45) is 39.6. The molecule has 6 nitrogen and oxygen atoms in total. The summed E-state index contributed by atoms with van der Waals surface area (Å²) in [6, 6.07) is 0. The van der Waals surface area contributed by atoms with Gasteiger partial charge in [-0.1, -0.05) is 221 Å². The van der Waals surface area contributed by atoms with Crippen molar-refractivity contribution in [3.05, 3.63) is 0 Å². The third kappa shape index (κ3) is 41.6. The van der Waals surface area contributed by atoms with Crippen LogP contribution in [-0.4, -0.2) is 37.2 Å². The molecule has 0 saturated heterocycles. The minimum atomic E-state index is -0.761. The van der Waals surface area contributed by atoms with Gasteiger partial charge in [-0.3, -0.25) is 14.4 Å². The van der Waals surface area contributed by atoms with Crippen LogP contribution in [0.1, 0.15) is 259 Å². The Balaban J connectivity index is 4.30. The monoisotopic (exact) mass is 765 g/mol. The molecule has 1 atom stereocenters. The second kappa shape index (κ2) is 41.1. The second-order valence-corrected chi connectivity index (χ2v) is 17.3. The van der Waals surface area contributed by atoms with Crippen LogP contribution in [0.25, 0.3) is 0 Å². The summed E-state index contributed by atoms with van der Waals surface area (Å²) in [5, 5.41) is 0. The highest BCUT2D eigenvalue weighted by molar-refractivity contribution is 5.71. The molecule has 0 aromatic rings. The number of hydrogen-bond acceptors (Lipinski definition) is 6. The number of unbranched alkanes of at least 4 members (excludes halogenated alkanes) is 27. The lowest BCUT2D eigenvalue weighted by atomic mass is 10.0. The molecule has 0 unspecified atom stereocenters. The van der Waals surface area contributed by atoms with Gasteiger partial charge < -0.3 is 14.2 Å². The van der Waals surface area contributed by atoms with Gasteiger partial charge in [0.1, 0.15) is 13.2 Å². The van der Waals surface area contributed by atoms with Gasteiger partial charge in [0.15, 0.2) is 6.10 Å². The Bertz CT molecular complexity index is 824. The summed E-state index contributed by atoms with van der Waals surface area (Å²) in [6.45, 7) is 11.3. The Hall–Kier alpha value is -1.59. The van der Waals surface area contributed by atoms with Crippen molar-refractivity contribution in [2.45, 2.75) is 265 Å². The molecule has 0 fully saturated rings. The molecule has 0 rings (SSSR count). The van der Waals surface area contributed by atoms with Crippen molar-refractivity contribution in [1.82, 2.24) is 0 Å². The summed E-state index contributed by atoms with van der Waals surface area (Å²) in [5.74, 6) is 0.716. The molecule has 6 heteroatoms. The zero-order valence-electron chi connectivity index (χ0n) is 36.8. The highest BCUT2D eigenvalue weighted by atomic mass is 16.6. The first-order valence-electron chi connectivity index (χ1n) is 23.7. The normalized spacial score (nSPS) is 12.1. The fourth-order valence-electron chi connectivity index (χ4n) is 7.11. The van der Waals surface area contributed by atoms with Gasteiger partial charge in [0.05, 0.1) is 0 Å². The Morgan fingerprint density at radius 2 is 0.611 bits per heavy atom. The molecule has 0 bridgehead atoms. The zero-order chi connectivity index (χ0) is 39.7. The van der Waals surface area contributed by atoms with Gasteiger partial charge >= 0.3 is 17.9 Å². The van der Waals surface area contributed by atoms with Crippen molar-refractivity contribution < 1.29 is 28.6 Å². The Morgan fingerprint density at radius 3 is 0.907 bits per heavy atom. The fraction of sp³-hybridized carbons (Fsp3) is 0.938. The Labute approximate surface area is 336 Å². The van der Waals surface area contributed by atoms with Crippen molar-refractivity contribution in [3.8, 4) is 0 Å². The standard InChI is InChI=1S/C48H92O6/c1-6-7-8-9-10-11-12-13-14-15-16-17-23-28-33-38-46(49)52-41-45(42-53-47(50)39-34-29-25-20-22-27-32-37-44(4)5)54-48(51)40-35-30-24-19-18-21-26-31-36-43(2)3/h43-45H,6-42H2,1-5H3/t45-/m1/s1. The quantitative estimate of drug-likeness (QED) is 0.0350. The maximum absolute atomic E-state index is 12.7. The first-order valence-corrected chi connectivity index (χ1v) is 23.7. The molecule has 0 amide bonds. The predicted octanol–water partition coefficient (Wildman–Crippen LogP) is 15.0. The Kier molecular flexibility index (Phi) is 39.8. The molecular weight excluding hydrogens is 673 g/mol. The van der Waals surface area contributed by atoms with Gasteiger partial charge in [-0.25, -0.2) is 0 Å². The number of hydrogen-bond donors (Lipinski definition) is 0. The molecule has 0 aliphatic rings. The van der Waals surface area contributed by atoms with E-state index >= 15 is 0 Å². The largest absolute Gasteiger partial charge is 0.462 e. The maximum Gasteiger partial charge on any atom is 0.306 e. The second-order valence-electron chi connectivity index (χ2n) is 17.3. The molecule has 0 spiro atoms. The molecule has 320 valence electrons. The fourth-order valence-corrected chi connectivity index (χ4v) is 7.11. The van der Waals surface area contributed by atoms with E-state index in [0.717, 1.165) is 69.6 Å². The van der Waals surface area contributed by atoms with Crippen LogP contribution in [0, 0.1) is 11.8 Å². The Morgan fingerprint density at radius 1 is 0.352 bits per heavy atom. The molecule has 0 aromatic carbocycles. The molecule has 0 aromatic heterocycles. The first kappa shape index (κ1) is 52.4. The third-order valence-corrected chi connectivity index (χ3v) is 10.7. The topological polar surface area (TPSA) is 78.9 Å². The van der Waals surface area contributed by atoms with Gasteiger partial charge in [-0.15, -0.1) is 0 Å². The van der Waals surface area contributed by atoms with E-state index in [1.165, 1.54) is 148 Å². The van der Waals surface area contributed by atoms with Crippen molar-refractivity contribution >= 4 is 17.9 Å². The number of ether oxygens (including phenoxy) is 3. The average molecular weight is 765 g/mol. The summed E-state index contributed by atoms with van der Waals surface area (Å²) in [4.78, 5) is 37.7. The van der Waals surface area contributed by atoms with E-state index in [4.69, 9.17) is 14.2 Å². The molecule has 0 heterocycles. The highest BCUT2D eigenvalue weighted by Gasteiger charge is 2.19. The smallest absolute Gasteiger partial charge is 0.306 e. The van der Waals surface area contributed by atoms with Gasteiger partial charge in [0, 0.05) is 19.3 Å². The van der Waals surface area contributed by atoms with Gasteiger partial charge in [-0.05, 0) is 31.1 Å². The van der Waals surface area contributed by atoms with Crippen LogP contribution in [0.2, 0.25) is 0 Å². The summed E-state index contributed by atoms with van der Waals surface area (Å²) in [5.41, 5.74) is 0. The zero-order valence-corrected chi connectivity index (χ0v) is 36.8. The molecule has 54 heavy (non-hydrogen) atoms. The van der Waals surface area contributed by atoms with Gasteiger partial charge in [-0.2, -0.15) is 0 Å². The van der Waals surface area contributed by atoms with Crippen molar-refractivity contribution in [3.63, 3.8) is 0 Å². The summed E-state index contributed by atoms with van der Waals surface area (Å²) >= 11 is 0. The molecular formula is C48H92O6. The number of esters is 3. The molecule has 0 radical (unpaired) electrons. The summed E-state index contributed by atoms with van der Waals surface area (Å²) in [7, 11) is 0. The minimum absolute atomic E-state index is 0.0653. The number of carbonyl (C=O) groups excluding carboxylic acids is 3. The molecule has 0 aliphatic carbocycles. The van der Waals surface area contributed by atoms with Crippen LogP contribution >= 0.6 is 0 Å². The SMILES string of the molecule is CCCCCCCCCCCCCCCCCC(=O)OC[C@H](COC(=O)CCCCCCCCCC(C)C)OC(=O)CCCCCCCCCCC(C)C. The predicted molar refractivity (Wildman–Crippen MR) is 229 cm³/mol. The number of rotatable bonds is 42. The van der Waals surface area contributed by atoms with E-state index in [-0.39, 0.29) is 31.1 Å². The van der Waals surface area contributed by atoms with Crippen molar-refractivity contribution in [2.24, 2.45) is 11.8 Å². The van der Waals surface area contributed by atoms with Crippen LogP contribution < -0.4 is 0 Å². The van der Waals surface area contributed by atoms with E-state index in [1.54, 1.807) is 0 Å². The lowest BCUT2D eigenvalue weighted by molar-refractivity contribution is -0.167. The third-order valence-electron chi connectivity index (χ3n) is 10.7. The minimum Gasteiger partial charge on any atom is -0.462 e. The van der Waals surface area contributed by atoms with Crippen LogP contribution in [0.15, 0.2) is 0 Å². The van der Waals surface area contributed by atoms with Gasteiger partial charge in [0.25, 0.3) is 0 Å². The lowest BCUT2D eigenvalue weighted by Crippen LogP contribution is -2.30. The van der Waals surface area contributed by atoms with Crippen molar-refractivity contribution in [1.29, 1.82) is 0 Å². The maximum atomic E-state index is 12.7. The highest BCUT2D eigenvalue weighted by Crippen LogP contribution is 2.17. The van der Waals surface area contributed by atoms with E-state index in [0.29, 0.717) is 19.3 Å². The molecule has 0 saturated carbocycles. The van der Waals surface area contributed by atoms with E-state index in [1.807, 2.05) is 0 Å². The van der Waals surface area contributed by atoms with E-state index in [2.05, 4.69) is 34.6 Å². The van der Waals surface area contributed by atoms with E-state index < -0.39 is 6.10 Å². The lowest BCUT2D eigenvalue weighted by Gasteiger charge is -2.18. The first-order chi connectivity index (χ1) is 26.2. The van der Waals surface area contributed by atoms with Crippen LogP contribution in [-0.2, 0) is 28.6 Å². The summed E-state index contributed by atoms with van der Waals surface area (Å²) < 4.78 is 16.7. The molecule has 0 aliphatic heterocycles. The number of carbonyl (C=O) groups is 3. The average Bonchev–Trinajstić information content (AvgIpc) is 3.14. The van der Waals surface area contributed by atoms with E-state index in [9.17, 15) is 14.4 Å². The van der Waals surface area contributed by atoms with Crippen LogP contribution in [0.5, 0.6) is 0 Å².